The van der Waals surface area contributed by atoms with Crippen molar-refractivity contribution in [2.24, 2.45) is 5.73 Å². The summed E-state index contributed by atoms with van der Waals surface area (Å²) in [5, 5.41) is 8.24. The third-order valence-corrected chi connectivity index (χ3v) is 6.28. The molecule has 0 radical (unpaired) electrons. The van der Waals surface area contributed by atoms with E-state index in [1.807, 2.05) is 24.3 Å². The summed E-state index contributed by atoms with van der Waals surface area (Å²) in [6, 6.07) is 8.54. The standard InChI is InChI=1S/C18H23N5O/c19-12-10-18(11-12)15-6-3-7-22(15)8-9-23(18)17(24)16-13-4-1-2-5-14(13)20-21-16/h1-2,4-5,12,15H,3,6-11,19H2,(H,20,21). The molecule has 1 aromatic heterocycles. The number of fused-ring (bicyclic) bond motifs is 3. The summed E-state index contributed by atoms with van der Waals surface area (Å²) in [6.45, 7) is 2.91. The Labute approximate surface area is 141 Å². The lowest BCUT2D eigenvalue weighted by Crippen LogP contribution is -2.74. The predicted molar refractivity (Wildman–Crippen MR) is 91.7 cm³/mol. The van der Waals surface area contributed by atoms with Gasteiger partial charge in [-0.15, -0.1) is 0 Å². The molecule has 2 aromatic rings. The number of benzene rings is 1. The minimum atomic E-state index is -0.0781. The van der Waals surface area contributed by atoms with Gasteiger partial charge in [0.25, 0.3) is 5.91 Å². The molecule has 6 heteroatoms. The van der Waals surface area contributed by atoms with E-state index >= 15 is 0 Å². The maximum Gasteiger partial charge on any atom is 0.275 e. The summed E-state index contributed by atoms with van der Waals surface area (Å²) in [6.07, 6.45) is 4.25. The number of hydrogen-bond acceptors (Lipinski definition) is 4. The number of hydrogen-bond donors (Lipinski definition) is 2. The van der Waals surface area contributed by atoms with E-state index in [1.165, 1.54) is 12.8 Å². The number of H-pyrrole nitrogens is 1. The molecule has 1 aliphatic carbocycles. The van der Waals surface area contributed by atoms with E-state index in [0.29, 0.717) is 11.7 Å². The van der Waals surface area contributed by atoms with Crippen molar-refractivity contribution in [2.75, 3.05) is 19.6 Å². The van der Waals surface area contributed by atoms with Crippen LogP contribution in [-0.2, 0) is 0 Å². The maximum absolute atomic E-state index is 13.4. The van der Waals surface area contributed by atoms with Crippen LogP contribution in [0.25, 0.3) is 10.9 Å². The number of carbonyl (C=O) groups is 1. The van der Waals surface area contributed by atoms with Crippen LogP contribution in [0.3, 0.4) is 0 Å². The number of aromatic amines is 1. The average molecular weight is 325 g/mol. The summed E-state index contributed by atoms with van der Waals surface area (Å²) >= 11 is 0. The Morgan fingerprint density at radius 3 is 2.92 bits per heavy atom. The molecular formula is C18H23N5O. The zero-order chi connectivity index (χ0) is 16.3. The van der Waals surface area contributed by atoms with Crippen LogP contribution in [0.2, 0.25) is 0 Å². The minimum Gasteiger partial charge on any atom is -0.329 e. The zero-order valence-corrected chi connectivity index (χ0v) is 13.7. The summed E-state index contributed by atoms with van der Waals surface area (Å²) in [5.41, 5.74) is 7.55. The molecule has 1 atom stereocenters. The zero-order valence-electron chi connectivity index (χ0n) is 13.7. The van der Waals surface area contributed by atoms with Crippen molar-refractivity contribution in [1.82, 2.24) is 20.0 Å². The molecule has 2 saturated heterocycles. The normalized spacial score (nSPS) is 33.0. The fraction of sp³-hybridized carbons (Fsp3) is 0.556. The third kappa shape index (κ3) is 1.84. The van der Waals surface area contributed by atoms with Crippen molar-refractivity contribution in [3.63, 3.8) is 0 Å². The second kappa shape index (κ2) is 5.04. The summed E-state index contributed by atoms with van der Waals surface area (Å²) < 4.78 is 0. The van der Waals surface area contributed by atoms with Gasteiger partial charge in [0.15, 0.2) is 5.69 Å². The highest BCUT2D eigenvalue weighted by atomic mass is 16.2. The molecule has 1 unspecified atom stereocenters. The Balaban J connectivity index is 1.54. The van der Waals surface area contributed by atoms with Crippen LogP contribution in [0, 0.1) is 0 Å². The van der Waals surface area contributed by atoms with Gasteiger partial charge < -0.3 is 10.6 Å². The first-order valence-electron chi connectivity index (χ1n) is 8.94. The Morgan fingerprint density at radius 2 is 2.08 bits per heavy atom. The van der Waals surface area contributed by atoms with E-state index in [-0.39, 0.29) is 17.5 Å². The fourth-order valence-electron chi connectivity index (χ4n) is 5.23. The van der Waals surface area contributed by atoms with E-state index in [2.05, 4.69) is 20.0 Å². The van der Waals surface area contributed by atoms with Gasteiger partial charge in [0.05, 0.1) is 11.1 Å². The van der Waals surface area contributed by atoms with Crippen molar-refractivity contribution in [3.8, 4) is 0 Å². The molecule has 1 aromatic carbocycles. The van der Waals surface area contributed by atoms with Crippen molar-refractivity contribution in [3.05, 3.63) is 30.0 Å². The highest BCUT2D eigenvalue weighted by Crippen LogP contribution is 2.47. The van der Waals surface area contributed by atoms with E-state index in [9.17, 15) is 4.79 Å². The summed E-state index contributed by atoms with van der Waals surface area (Å²) in [5.74, 6) is 0.0610. The molecule has 2 aliphatic heterocycles. The van der Waals surface area contributed by atoms with Crippen LogP contribution in [0.5, 0.6) is 0 Å². The molecule has 1 spiro atoms. The summed E-state index contributed by atoms with van der Waals surface area (Å²) in [7, 11) is 0. The van der Waals surface area contributed by atoms with Gasteiger partial charge in [0.1, 0.15) is 0 Å². The van der Waals surface area contributed by atoms with Gasteiger partial charge in [-0.3, -0.25) is 14.8 Å². The quantitative estimate of drug-likeness (QED) is 0.829. The fourth-order valence-corrected chi connectivity index (χ4v) is 5.23. The van der Waals surface area contributed by atoms with Crippen LogP contribution in [0.15, 0.2) is 24.3 Å². The molecule has 24 heavy (non-hydrogen) atoms. The third-order valence-electron chi connectivity index (χ3n) is 6.28. The molecule has 126 valence electrons. The van der Waals surface area contributed by atoms with Crippen LogP contribution < -0.4 is 5.73 Å². The van der Waals surface area contributed by atoms with Crippen molar-refractivity contribution in [1.29, 1.82) is 0 Å². The first-order chi connectivity index (χ1) is 11.7. The number of piperazine rings is 1. The van der Waals surface area contributed by atoms with Gasteiger partial charge in [0, 0.05) is 30.6 Å². The SMILES string of the molecule is NC1CC2(C1)C1CCCN1CCN2C(=O)c1n[nH]c2ccccc12. The highest BCUT2D eigenvalue weighted by molar-refractivity contribution is 6.05. The van der Waals surface area contributed by atoms with Gasteiger partial charge in [-0.2, -0.15) is 5.10 Å². The molecule has 0 bridgehead atoms. The maximum atomic E-state index is 13.4. The summed E-state index contributed by atoms with van der Waals surface area (Å²) in [4.78, 5) is 18.0. The first kappa shape index (κ1) is 14.4. The minimum absolute atomic E-state index is 0.0610. The largest absolute Gasteiger partial charge is 0.329 e. The molecule has 5 rings (SSSR count). The first-order valence-corrected chi connectivity index (χ1v) is 8.94. The molecule has 6 nitrogen and oxygen atoms in total. The van der Waals surface area contributed by atoms with E-state index in [0.717, 1.165) is 43.4 Å². The number of carbonyl (C=O) groups excluding carboxylic acids is 1. The molecule has 3 aliphatic rings. The van der Waals surface area contributed by atoms with Crippen LogP contribution in [0.1, 0.15) is 36.2 Å². The van der Waals surface area contributed by atoms with E-state index in [1.54, 1.807) is 0 Å². The average Bonchev–Trinajstić information content (AvgIpc) is 3.20. The van der Waals surface area contributed by atoms with Gasteiger partial charge in [-0.1, -0.05) is 18.2 Å². The molecular weight excluding hydrogens is 302 g/mol. The molecule has 3 fully saturated rings. The van der Waals surface area contributed by atoms with Gasteiger partial charge in [-0.25, -0.2) is 0 Å². The lowest BCUT2D eigenvalue weighted by Gasteiger charge is -2.61. The van der Waals surface area contributed by atoms with Crippen LogP contribution in [-0.4, -0.2) is 63.2 Å². The number of rotatable bonds is 1. The van der Waals surface area contributed by atoms with Crippen molar-refractivity contribution >= 4 is 16.8 Å². The number of aromatic nitrogens is 2. The van der Waals surface area contributed by atoms with E-state index < -0.39 is 0 Å². The molecule has 1 amide bonds. The molecule has 1 saturated carbocycles. The number of nitrogens with two attached hydrogens (primary N) is 1. The smallest absolute Gasteiger partial charge is 0.275 e. The lowest BCUT2D eigenvalue weighted by molar-refractivity contribution is -0.0728. The Kier molecular flexibility index (Phi) is 3.03. The van der Waals surface area contributed by atoms with Gasteiger partial charge >= 0.3 is 0 Å². The van der Waals surface area contributed by atoms with Crippen LogP contribution >= 0.6 is 0 Å². The Morgan fingerprint density at radius 1 is 1.25 bits per heavy atom. The number of amides is 1. The number of para-hydroxylation sites is 1. The predicted octanol–water partition coefficient (Wildman–Crippen LogP) is 1.34. The number of nitrogens with one attached hydrogen (secondary N) is 1. The van der Waals surface area contributed by atoms with Gasteiger partial charge in [-0.05, 0) is 38.3 Å². The molecule has 3 N–H and O–H groups in total. The van der Waals surface area contributed by atoms with Gasteiger partial charge in [0.2, 0.25) is 0 Å². The Hall–Kier alpha value is -1.92. The second-order valence-corrected chi connectivity index (χ2v) is 7.54. The molecule has 3 heterocycles. The Bertz CT molecular complexity index is 794. The van der Waals surface area contributed by atoms with Crippen LogP contribution in [0.4, 0.5) is 0 Å². The van der Waals surface area contributed by atoms with E-state index in [4.69, 9.17) is 5.73 Å². The monoisotopic (exact) mass is 325 g/mol. The highest BCUT2D eigenvalue weighted by Gasteiger charge is 2.58. The van der Waals surface area contributed by atoms with Crippen molar-refractivity contribution in [2.45, 2.75) is 43.3 Å². The lowest BCUT2D eigenvalue weighted by atomic mass is 9.65. The number of nitrogens with zero attached hydrogens (tertiary/aromatic N) is 3. The second-order valence-electron chi connectivity index (χ2n) is 7.54. The van der Waals surface area contributed by atoms with Crippen molar-refractivity contribution < 1.29 is 4.79 Å². The topological polar surface area (TPSA) is 78.2 Å².